The van der Waals surface area contributed by atoms with Crippen molar-refractivity contribution in [1.82, 2.24) is 4.98 Å². The van der Waals surface area contributed by atoms with Crippen molar-refractivity contribution in [2.24, 2.45) is 0 Å². The third-order valence-corrected chi connectivity index (χ3v) is 3.48. The average molecular weight is 232 g/mol. The van der Waals surface area contributed by atoms with Crippen LogP contribution in [0.1, 0.15) is 0 Å². The molecule has 4 heteroatoms. The second kappa shape index (κ2) is 5.32. The molecule has 0 radical (unpaired) electrons. The Morgan fingerprint density at radius 1 is 1.38 bits per heavy atom. The lowest BCUT2D eigenvalue weighted by molar-refractivity contribution is -0.111. The molecule has 0 aromatic carbocycles. The molecule has 0 saturated heterocycles. The van der Waals surface area contributed by atoms with Crippen LogP contribution >= 0.6 is 10.9 Å². The Kier molecular flexibility index (Phi) is 3.56. The molecule has 0 aliphatic carbocycles. The van der Waals surface area contributed by atoms with E-state index >= 15 is 0 Å². The molecule has 3 nitrogen and oxygen atoms in total. The maximum absolute atomic E-state index is 11.5. The van der Waals surface area contributed by atoms with E-state index in [2.05, 4.69) is 21.1 Å². The Morgan fingerprint density at radius 2 is 2.19 bits per heavy atom. The van der Waals surface area contributed by atoms with Gasteiger partial charge in [-0.25, -0.2) is 0 Å². The van der Waals surface area contributed by atoms with Gasteiger partial charge in [-0.1, -0.05) is 12.2 Å². The number of pyridine rings is 1. The number of aromatic nitrogens is 1. The van der Waals surface area contributed by atoms with E-state index < -0.39 is 0 Å². The fourth-order valence-electron chi connectivity index (χ4n) is 1.22. The number of rotatable bonds is 3. The van der Waals surface area contributed by atoms with E-state index in [0.717, 1.165) is 0 Å². The standard InChI is InChI=1S/C12H12N2OS/c15-12(5-9-16-7-1-2-8-16)14-11-4-3-6-13-10-11/h1-10,16H,(H,14,15). The van der Waals surface area contributed by atoms with Crippen molar-refractivity contribution in [3.63, 3.8) is 0 Å². The number of thiol groups is 1. The third-order valence-electron chi connectivity index (χ3n) is 1.95. The van der Waals surface area contributed by atoms with Crippen molar-refractivity contribution in [1.29, 1.82) is 0 Å². The summed E-state index contributed by atoms with van der Waals surface area (Å²) in [5.41, 5.74) is 0.711. The van der Waals surface area contributed by atoms with Gasteiger partial charge in [-0.2, -0.15) is 10.9 Å². The van der Waals surface area contributed by atoms with Crippen molar-refractivity contribution in [3.05, 3.63) is 59.0 Å². The Morgan fingerprint density at radius 3 is 2.88 bits per heavy atom. The Balaban J connectivity index is 1.89. The van der Waals surface area contributed by atoms with E-state index in [1.807, 2.05) is 17.6 Å². The van der Waals surface area contributed by atoms with Crippen LogP contribution in [-0.2, 0) is 4.79 Å². The summed E-state index contributed by atoms with van der Waals surface area (Å²) in [7, 11) is -0.370. The van der Waals surface area contributed by atoms with Crippen molar-refractivity contribution < 1.29 is 4.79 Å². The van der Waals surface area contributed by atoms with Crippen LogP contribution in [0.5, 0.6) is 0 Å². The van der Waals surface area contributed by atoms with Crippen LogP contribution in [0, 0.1) is 0 Å². The quantitative estimate of drug-likeness (QED) is 0.621. The summed E-state index contributed by atoms with van der Waals surface area (Å²) in [6.45, 7) is 0. The summed E-state index contributed by atoms with van der Waals surface area (Å²) in [5.74, 6) is -0.121. The minimum atomic E-state index is -0.370. The maximum Gasteiger partial charge on any atom is 0.248 e. The second-order valence-electron chi connectivity index (χ2n) is 3.18. The van der Waals surface area contributed by atoms with Crippen LogP contribution in [0.15, 0.2) is 59.0 Å². The van der Waals surface area contributed by atoms with Gasteiger partial charge in [0.15, 0.2) is 0 Å². The first-order chi connectivity index (χ1) is 7.84. The molecule has 1 aliphatic rings. The van der Waals surface area contributed by atoms with Gasteiger partial charge in [0, 0.05) is 12.3 Å². The van der Waals surface area contributed by atoms with E-state index in [1.54, 1.807) is 30.6 Å². The highest BCUT2D eigenvalue weighted by Crippen LogP contribution is 2.33. The van der Waals surface area contributed by atoms with E-state index in [0.29, 0.717) is 5.69 Å². The molecule has 2 heterocycles. The monoisotopic (exact) mass is 232 g/mol. The van der Waals surface area contributed by atoms with Crippen LogP contribution in [0.3, 0.4) is 0 Å². The van der Waals surface area contributed by atoms with Gasteiger partial charge in [0.2, 0.25) is 5.91 Å². The largest absolute Gasteiger partial charge is 0.321 e. The minimum absolute atomic E-state index is 0.121. The summed E-state index contributed by atoms with van der Waals surface area (Å²) in [5, 5.41) is 8.83. The molecule has 0 fully saturated rings. The number of hydrogen-bond donors (Lipinski definition) is 2. The number of nitrogens with one attached hydrogen (secondary N) is 1. The summed E-state index contributed by atoms with van der Waals surface area (Å²) >= 11 is 0. The molecule has 1 amide bonds. The molecule has 82 valence electrons. The highest BCUT2D eigenvalue weighted by molar-refractivity contribution is 8.24. The zero-order valence-electron chi connectivity index (χ0n) is 8.58. The summed E-state index contributed by atoms with van der Waals surface area (Å²) in [6, 6.07) is 3.59. The van der Waals surface area contributed by atoms with Gasteiger partial charge >= 0.3 is 0 Å². The zero-order valence-corrected chi connectivity index (χ0v) is 9.47. The second-order valence-corrected chi connectivity index (χ2v) is 4.97. The lowest BCUT2D eigenvalue weighted by Gasteiger charge is -2.02. The average Bonchev–Trinajstić information content (AvgIpc) is 2.81. The molecule has 0 spiro atoms. The van der Waals surface area contributed by atoms with Crippen molar-refractivity contribution in [3.8, 4) is 0 Å². The molecular formula is C12H12N2OS. The molecule has 0 unspecified atom stereocenters. The minimum Gasteiger partial charge on any atom is -0.321 e. The van der Waals surface area contributed by atoms with Gasteiger partial charge in [-0.3, -0.25) is 9.78 Å². The number of anilines is 1. The first-order valence-electron chi connectivity index (χ1n) is 4.86. The van der Waals surface area contributed by atoms with Crippen molar-refractivity contribution >= 4 is 22.5 Å². The highest BCUT2D eigenvalue weighted by Gasteiger charge is 1.98. The molecule has 16 heavy (non-hydrogen) atoms. The Hall–Kier alpha value is -1.81. The van der Waals surface area contributed by atoms with E-state index in [1.165, 1.54) is 0 Å². The third kappa shape index (κ3) is 3.10. The van der Waals surface area contributed by atoms with Gasteiger partial charge in [-0.05, 0) is 28.4 Å². The summed E-state index contributed by atoms with van der Waals surface area (Å²) in [4.78, 5) is 15.4. The Labute approximate surface area is 96.9 Å². The molecular weight excluding hydrogens is 220 g/mol. The molecule has 2 rings (SSSR count). The number of amides is 1. The number of carbonyl (C=O) groups excluding carboxylic acids is 1. The first kappa shape index (κ1) is 10.7. The van der Waals surface area contributed by atoms with E-state index in [4.69, 9.17) is 0 Å². The molecule has 1 N–H and O–H groups in total. The molecule has 0 atom stereocenters. The SMILES string of the molecule is O=C(C=C[SH]1C=CC=C1)Nc1cccnc1. The van der Waals surface area contributed by atoms with Crippen LogP contribution in [0.4, 0.5) is 5.69 Å². The first-order valence-corrected chi connectivity index (χ1v) is 6.41. The zero-order chi connectivity index (χ0) is 11.2. The van der Waals surface area contributed by atoms with E-state index in [-0.39, 0.29) is 16.8 Å². The molecule has 0 bridgehead atoms. The predicted molar refractivity (Wildman–Crippen MR) is 69.3 cm³/mol. The molecule has 1 aromatic rings. The van der Waals surface area contributed by atoms with Crippen LogP contribution < -0.4 is 5.32 Å². The van der Waals surface area contributed by atoms with Crippen LogP contribution in [0.2, 0.25) is 0 Å². The Bertz CT molecular complexity index is 439. The molecule has 1 aromatic heterocycles. The number of carbonyl (C=O) groups is 1. The predicted octanol–water partition coefficient (Wildman–Crippen LogP) is 2.58. The number of nitrogens with zero attached hydrogens (tertiary/aromatic N) is 1. The van der Waals surface area contributed by atoms with Gasteiger partial charge in [0.05, 0.1) is 11.9 Å². The summed E-state index contributed by atoms with van der Waals surface area (Å²) < 4.78 is 0. The van der Waals surface area contributed by atoms with Gasteiger partial charge in [0.1, 0.15) is 0 Å². The topological polar surface area (TPSA) is 42.0 Å². The normalized spacial score (nSPS) is 15.9. The highest BCUT2D eigenvalue weighted by atomic mass is 32.2. The maximum atomic E-state index is 11.5. The van der Waals surface area contributed by atoms with Crippen molar-refractivity contribution in [2.45, 2.75) is 0 Å². The van der Waals surface area contributed by atoms with Crippen molar-refractivity contribution in [2.75, 3.05) is 5.32 Å². The lowest BCUT2D eigenvalue weighted by atomic mass is 10.4. The lowest BCUT2D eigenvalue weighted by Crippen LogP contribution is -2.07. The van der Waals surface area contributed by atoms with Gasteiger partial charge in [-0.15, -0.1) is 0 Å². The molecule has 0 saturated carbocycles. The fraction of sp³-hybridized carbons (Fsp3) is 0. The fourth-order valence-corrected chi connectivity index (χ4v) is 2.42. The van der Waals surface area contributed by atoms with Crippen LogP contribution in [-0.4, -0.2) is 10.9 Å². The smallest absolute Gasteiger partial charge is 0.248 e. The van der Waals surface area contributed by atoms with Gasteiger partial charge in [0.25, 0.3) is 0 Å². The van der Waals surface area contributed by atoms with E-state index in [9.17, 15) is 4.79 Å². The number of hydrogen-bond acceptors (Lipinski definition) is 2. The molecule has 1 aliphatic heterocycles. The van der Waals surface area contributed by atoms with Crippen LogP contribution in [0.25, 0.3) is 0 Å². The number of allylic oxidation sites excluding steroid dienone is 2. The van der Waals surface area contributed by atoms with Gasteiger partial charge < -0.3 is 5.32 Å². The summed E-state index contributed by atoms with van der Waals surface area (Å²) in [6.07, 6.45) is 8.85.